The van der Waals surface area contributed by atoms with Gasteiger partial charge in [0.15, 0.2) is 0 Å². The van der Waals surface area contributed by atoms with E-state index >= 15 is 0 Å². The van der Waals surface area contributed by atoms with Gasteiger partial charge in [0, 0.05) is 11.0 Å². The summed E-state index contributed by atoms with van der Waals surface area (Å²) < 4.78 is 7.49. The Kier molecular flexibility index (Phi) is 8.15. The van der Waals surface area contributed by atoms with Crippen molar-refractivity contribution >= 4 is 34.2 Å². The van der Waals surface area contributed by atoms with Crippen LogP contribution in [-0.4, -0.2) is 10.5 Å². The van der Waals surface area contributed by atoms with Gasteiger partial charge in [-0.3, -0.25) is 0 Å². The van der Waals surface area contributed by atoms with E-state index in [2.05, 4.69) is 55.2 Å². The van der Waals surface area contributed by atoms with Crippen molar-refractivity contribution in [2.24, 2.45) is 17.8 Å². The fourth-order valence-electron chi connectivity index (χ4n) is 3.97. The highest BCUT2D eigenvalue weighted by Gasteiger charge is 2.40. The third-order valence-corrected chi connectivity index (χ3v) is 6.02. The Morgan fingerprint density at radius 1 is 1.42 bits per heavy atom. The maximum absolute atomic E-state index is 6.27. The normalized spacial score (nSPS) is 27.7. The monoisotopic (exact) mass is 458 g/mol. The van der Waals surface area contributed by atoms with Crippen molar-refractivity contribution in [2.45, 2.75) is 45.6 Å². The molecule has 0 radical (unpaired) electrons. The molecule has 0 aromatic carbocycles. The first-order valence-corrected chi connectivity index (χ1v) is 10.8. The fourth-order valence-corrected chi connectivity index (χ4v) is 4.61. The van der Waals surface area contributed by atoms with Crippen LogP contribution in [0.4, 0.5) is 0 Å². The molecule has 0 fully saturated rings. The Balaban J connectivity index is 2.39. The van der Waals surface area contributed by atoms with Crippen molar-refractivity contribution in [3.8, 4) is 0 Å². The van der Waals surface area contributed by atoms with E-state index in [0.717, 1.165) is 10.8 Å². The molecule has 1 heterocycles. The molecule has 24 heavy (non-hydrogen) atoms. The average Bonchev–Trinajstić information content (AvgIpc) is 2.57. The number of halogens is 2. The molecule has 3 heteroatoms. The number of ether oxygens (including phenoxy) is 1. The second-order valence-corrected chi connectivity index (χ2v) is 8.13. The lowest BCUT2D eigenvalue weighted by molar-refractivity contribution is 0.0575. The molecule has 0 saturated heterocycles. The number of alkyl halides is 1. The molecular weight excluding hydrogens is 431 g/mol. The lowest BCUT2D eigenvalue weighted by Gasteiger charge is -2.42. The highest BCUT2D eigenvalue weighted by molar-refractivity contribution is 14.1. The highest BCUT2D eigenvalue weighted by Crippen LogP contribution is 2.45. The summed E-state index contributed by atoms with van der Waals surface area (Å²) in [5.74, 6) is 2.60. The number of rotatable bonds is 8. The van der Waals surface area contributed by atoms with E-state index in [1.165, 1.54) is 35.7 Å². The topological polar surface area (TPSA) is 9.23 Å². The van der Waals surface area contributed by atoms with Gasteiger partial charge in [0.1, 0.15) is 11.9 Å². The standard InChI is InChI=1S/C21H28ClIO/c1-4-6-10-19-15(3)21(16(8-5-2)9-7-13-23)18-12-11-17(22)14-20(18)24-19/h4,6,10-12,14,16,18,20-21H,1,5,7-9,13H2,2-3H3/b10-6-/t16?,18?,20-,21?/m0/s1. The molecule has 132 valence electrons. The quantitative estimate of drug-likeness (QED) is 0.217. The maximum atomic E-state index is 6.27. The van der Waals surface area contributed by atoms with Gasteiger partial charge in [-0.25, -0.2) is 0 Å². The van der Waals surface area contributed by atoms with Crippen LogP contribution in [0, 0.1) is 17.8 Å². The van der Waals surface area contributed by atoms with E-state index in [9.17, 15) is 0 Å². The number of allylic oxidation sites excluding steroid dienone is 6. The van der Waals surface area contributed by atoms with Crippen LogP contribution in [0.15, 0.2) is 59.4 Å². The van der Waals surface area contributed by atoms with Gasteiger partial charge in [-0.1, -0.05) is 78.8 Å². The van der Waals surface area contributed by atoms with Gasteiger partial charge in [0.05, 0.1) is 0 Å². The van der Waals surface area contributed by atoms with Crippen molar-refractivity contribution in [3.63, 3.8) is 0 Å². The molecule has 0 aromatic heterocycles. The van der Waals surface area contributed by atoms with E-state index in [1.807, 2.05) is 18.2 Å². The first-order valence-electron chi connectivity index (χ1n) is 8.90. The summed E-state index contributed by atoms with van der Waals surface area (Å²) in [4.78, 5) is 0. The zero-order chi connectivity index (χ0) is 17.5. The molecule has 2 aliphatic rings. The Morgan fingerprint density at radius 2 is 2.21 bits per heavy atom. The third-order valence-electron chi connectivity index (χ3n) is 5.01. The first kappa shape index (κ1) is 19.8. The summed E-state index contributed by atoms with van der Waals surface area (Å²) in [7, 11) is 0. The molecule has 0 bridgehead atoms. The largest absolute Gasteiger partial charge is 0.486 e. The van der Waals surface area contributed by atoms with Gasteiger partial charge in [0.2, 0.25) is 0 Å². The van der Waals surface area contributed by atoms with Crippen LogP contribution in [0.5, 0.6) is 0 Å². The van der Waals surface area contributed by atoms with Crippen molar-refractivity contribution in [1.82, 2.24) is 0 Å². The molecule has 4 atom stereocenters. The second-order valence-electron chi connectivity index (χ2n) is 6.62. The second kappa shape index (κ2) is 9.86. The molecule has 0 spiro atoms. The summed E-state index contributed by atoms with van der Waals surface area (Å²) in [6.07, 6.45) is 17.3. The average molecular weight is 459 g/mol. The van der Waals surface area contributed by atoms with Crippen LogP contribution in [0.1, 0.15) is 39.5 Å². The molecule has 0 N–H and O–H groups in total. The van der Waals surface area contributed by atoms with Gasteiger partial charge >= 0.3 is 0 Å². The van der Waals surface area contributed by atoms with E-state index in [0.29, 0.717) is 17.8 Å². The lowest BCUT2D eigenvalue weighted by atomic mass is 9.69. The molecule has 3 unspecified atom stereocenters. The van der Waals surface area contributed by atoms with Crippen molar-refractivity contribution in [1.29, 1.82) is 0 Å². The summed E-state index contributed by atoms with van der Waals surface area (Å²) in [6, 6.07) is 0. The van der Waals surface area contributed by atoms with E-state index in [4.69, 9.17) is 16.3 Å². The highest BCUT2D eigenvalue weighted by atomic mass is 127. The molecule has 1 nitrogen and oxygen atoms in total. The van der Waals surface area contributed by atoms with Crippen LogP contribution in [0.3, 0.4) is 0 Å². The zero-order valence-corrected chi connectivity index (χ0v) is 17.6. The van der Waals surface area contributed by atoms with Crippen LogP contribution in [0.25, 0.3) is 0 Å². The molecule has 1 aliphatic carbocycles. The lowest BCUT2D eigenvalue weighted by Crippen LogP contribution is -2.38. The maximum Gasteiger partial charge on any atom is 0.125 e. The molecular formula is C21H28ClIO. The van der Waals surface area contributed by atoms with Gasteiger partial charge in [-0.2, -0.15) is 0 Å². The molecule has 1 aliphatic heterocycles. The third kappa shape index (κ3) is 4.78. The van der Waals surface area contributed by atoms with Gasteiger partial charge in [-0.05, 0) is 59.8 Å². The minimum atomic E-state index is 0.0413. The smallest absolute Gasteiger partial charge is 0.125 e. The van der Waals surface area contributed by atoms with Crippen LogP contribution < -0.4 is 0 Å². The SMILES string of the molecule is C=C/C=C\C1=C(C)C(C(CCC)CCCI)C2C=CC(Cl)=C[C@@H]2O1. The van der Waals surface area contributed by atoms with Crippen LogP contribution in [0.2, 0.25) is 0 Å². The summed E-state index contributed by atoms with van der Waals surface area (Å²) in [5.41, 5.74) is 1.37. The van der Waals surface area contributed by atoms with E-state index < -0.39 is 0 Å². The van der Waals surface area contributed by atoms with Crippen LogP contribution >= 0.6 is 34.2 Å². The molecule has 0 saturated carbocycles. The minimum Gasteiger partial charge on any atom is -0.486 e. The van der Waals surface area contributed by atoms with Crippen molar-refractivity contribution in [3.05, 3.63) is 59.4 Å². The van der Waals surface area contributed by atoms with E-state index in [1.54, 1.807) is 6.08 Å². The molecule has 0 amide bonds. The summed E-state index contributed by atoms with van der Waals surface area (Å²) >= 11 is 8.73. The van der Waals surface area contributed by atoms with Gasteiger partial charge < -0.3 is 4.74 Å². The summed E-state index contributed by atoms with van der Waals surface area (Å²) in [5, 5.41) is 0.779. The predicted octanol–water partition coefficient (Wildman–Crippen LogP) is 6.96. The van der Waals surface area contributed by atoms with Gasteiger partial charge in [0.25, 0.3) is 0 Å². The van der Waals surface area contributed by atoms with E-state index in [-0.39, 0.29) is 6.10 Å². The van der Waals surface area contributed by atoms with Crippen molar-refractivity contribution < 1.29 is 4.74 Å². The van der Waals surface area contributed by atoms with Crippen LogP contribution in [-0.2, 0) is 4.74 Å². The van der Waals surface area contributed by atoms with Crippen molar-refractivity contribution in [2.75, 3.05) is 4.43 Å². The predicted molar refractivity (Wildman–Crippen MR) is 113 cm³/mol. The molecule has 0 aromatic rings. The Morgan fingerprint density at radius 3 is 2.88 bits per heavy atom. The Labute approximate surface area is 165 Å². The van der Waals surface area contributed by atoms with Gasteiger partial charge in [-0.15, -0.1) is 0 Å². The fraction of sp³-hybridized carbons (Fsp3) is 0.524. The number of fused-ring (bicyclic) bond motifs is 1. The Hall–Kier alpha value is -0.480. The summed E-state index contributed by atoms with van der Waals surface area (Å²) in [6.45, 7) is 8.31. The first-order chi connectivity index (χ1) is 11.6. The number of hydrogen-bond donors (Lipinski definition) is 0. The molecule has 2 rings (SSSR count). The zero-order valence-electron chi connectivity index (χ0n) is 14.7. The number of hydrogen-bond acceptors (Lipinski definition) is 1. The Bertz CT molecular complexity index is 558. The minimum absolute atomic E-state index is 0.0413.